The molecule has 1 aliphatic heterocycles. The van der Waals surface area contributed by atoms with Crippen LogP contribution in [-0.2, 0) is 19.1 Å². The van der Waals surface area contributed by atoms with Crippen LogP contribution in [0.3, 0.4) is 0 Å². The third kappa shape index (κ3) is 3.35. The van der Waals surface area contributed by atoms with E-state index < -0.39 is 23.8 Å². The number of hydrogen-bond acceptors (Lipinski definition) is 6. The number of carboxylic acid groups (broad SMARTS) is 1. The van der Waals surface area contributed by atoms with Crippen LogP contribution in [0.2, 0.25) is 5.02 Å². The molecule has 1 aromatic carbocycles. The summed E-state index contributed by atoms with van der Waals surface area (Å²) in [6.07, 6.45) is 0. The molecule has 3 N–H and O–H groups in total. The lowest BCUT2D eigenvalue weighted by Gasteiger charge is -2.30. The number of aliphatic imine (C=N–C) groups is 1. The van der Waals surface area contributed by atoms with Gasteiger partial charge in [0, 0.05) is 10.9 Å². The summed E-state index contributed by atoms with van der Waals surface area (Å²) in [7, 11) is 1.19. The van der Waals surface area contributed by atoms with Crippen LogP contribution in [0.25, 0.3) is 0 Å². The number of benzene rings is 1. The van der Waals surface area contributed by atoms with E-state index in [9.17, 15) is 14.7 Å². The second kappa shape index (κ2) is 7.35. The molecule has 0 bridgehead atoms. The van der Waals surface area contributed by atoms with Gasteiger partial charge in [-0.05, 0) is 24.6 Å². The second-order valence-electron chi connectivity index (χ2n) is 5.02. The summed E-state index contributed by atoms with van der Waals surface area (Å²) >= 11 is 6.01. The monoisotopic (exact) mass is 352 g/mol. The Morgan fingerprint density at radius 1 is 1.42 bits per heavy atom. The van der Waals surface area contributed by atoms with E-state index in [1.807, 2.05) is 0 Å². The van der Waals surface area contributed by atoms with Crippen molar-refractivity contribution in [3.05, 3.63) is 46.2 Å². The van der Waals surface area contributed by atoms with Gasteiger partial charge < -0.3 is 20.3 Å². The molecule has 1 aliphatic rings. The summed E-state index contributed by atoms with van der Waals surface area (Å²) in [5.74, 6) is -4.27. The van der Waals surface area contributed by atoms with Gasteiger partial charge in [-0.15, -0.1) is 0 Å². The maximum atomic E-state index is 12.2. The van der Waals surface area contributed by atoms with E-state index >= 15 is 0 Å². The number of carbonyl (C=O) groups is 2. The number of halogens is 1. The molecule has 0 saturated carbocycles. The molecule has 1 aromatic rings. The molecule has 24 heavy (non-hydrogen) atoms. The van der Waals surface area contributed by atoms with Gasteiger partial charge in [0.25, 0.3) is 0 Å². The molecule has 128 valence electrons. The first-order valence-corrected chi connectivity index (χ1v) is 7.56. The molecule has 0 aromatic heterocycles. The number of nitrogens with zero attached hydrogens (tertiary/aromatic N) is 1. The molecule has 0 radical (unpaired) electrons. The van der Waals surface area contributed by atoms with E-state index in [-0.39, 0.29) is 23.9 Å². The van der Waals surface area contributed by atoms with Crippen LogP contribution in [0.4, 0.5) is 0 Å². The fraction of sp³-hybridized carbons (Fsp3) is 0.312. The van der Waals surface area contributed by atoms with Gasteiger partial charge in [-0.2, -0.15) is 4.99 Å². The molecule has 0 aliphatic carbocycles. The first kappa shape index (κ1) is 17.8. The fourth-order valence-corrected chi connectivity index (χ4v) is 2.83. The van der Waals surface area contributed by atoms with Crippen LogP contribution in [0.5, 0.6) is 0 Å². The Labute approximate surface area is 143 Å². The van der Waals surface area contributed by atoms with Crippen molar-refractivity contribution in [1.82, 2.24) is 0 Å². The van der Waals surface area contributed by atoms with Crippen LogP contribution in [-0.4, -0.2) is 36.7 Å². The van der Waals surface area contributed by atoms with Crippen molar-refractivity contribution in [2.24, 2.45) is 16.6 Å². The first-order valence-electron chi connectivity index (χ1n) is 7.18. The lowest BCUT2D eigenvalue weighted by molar-refractivity contribution is -0.140. The Kier molecular flexibility index (Phi) is 5.46. The number of rotatable bonds is 4. The van der Waals surface area contributed by atoms with Crippen molar-refractivity contribution in [1.29, 1.82) is 0 Å². The van der Waals surface area contributed by atoms with Gasteiger partial charge in [0.05, 0.1) is 19.3 Å². The van der Waals surface area contributed by atoms with Gasteiger partial charge in [0.1, 0.15) is 11.7 Å². The van der Waals surface area contributed by atoms with E-state index in [0.29, 0.717) is 10.6 Å². The molecule has 2 rings (SSSR count). The van der Waals surface area contributed by atoms with Crippen LogP contribution in [0, 0.1) is 5.92 Å². The topological polar surface area (TPSA) is 111 Å². The number of methoxy groups -OCH3 is 1. The van der Waals surface area contributed by atoms with Crippen molar-refractivity contribution in [3.8, 4) is 0 Å². The highest BCUT2D eigenvalue weighted by Crippen LogP contribution is 2.39. The number of ether oxygens (including phenoxy) is 2. The molecule has 2 unspecified atom stereocenters. The predicted molar refractivity (Wildman–Crippen MR) is 87.6 cm³/mol. The highest BCUT2D eigenvalue weighted by molar-refractivity contribution is 6.30. The average Bonchev–Trinajstić information content (AvgIpc) is 2.53. The number of nitrogens with two attached hydrogens (primary N) is 1. The first-order chi connectivity index (χ1) is 11.4. The smallest absolute Gasteiger partial charge is 0.338 e. The minimum absolute atomic E-state index is 0.0318. The summed E-state index contributed by atoms with van der Waals surface area (Å²) in [6.45, 7) is 1.91. The molecule has 0 amide bonds. The van der Waals surface area contributed by atoms with Gasteiger partial charge in [-0.1, -0.05) is 23.7 Å². The van der Waals surface area contributed by atoms with E-state index in [1.54, 1.807) is 31.2 Å². The number of aliphatic carboxylic acids is 1. The van der Waals surface area contributed by atoms with E-state index in [1.165, 1.54) is 7.11 Å². The average molecular weight is 353 g/mol. The quantitative estimate of drug-likeness (QED) is 0.801. The molecule has 0 saturated heterocycles. The van der Waals surface area contributed by atoms with Crippen LogP contribution < -0.4 is 5.73 Å². The number of carboxylic acids is 1. The molecular formula is C16H17ClN2O5. The molecule has 0 spiro atoms. The molecule has 0 fully saturated rings. The number of carbonyl (C=O) groups excluding carboxylic acids is 1. The minimum Gasteiger partial charge on any atom is -0.481 e. The molecular weight excluding hydrogens is 336 g/mol. The Hall–Kier alpha value is -2.54. The highest BCUT2D eigenvalue weighted by Gasteiger charge is 2.44. The normalized spacial score (nSPS) is 20.4. The highest BCUT2D eigenvalue weighted by atomic mass is 35.5. The van der Waals surface area contributed by atoms with Crippen molar-refractivity contribution >= 4 is 29.4 Å². The third-order valence-electron chi connectivity index (χ3n) is 3.59. The van der Waals surface area contributed by atoms with Gasteiger partial charge in [0.15, 0.2) is 0 Å². The molecule has 7 nitrogen and oxygen atoms in total. The zero-order chi connectivity index (χ0) is 17.9. The second-order valence-corrected chi connectivity index (χ2v) is 5.46. The largest absolute Gasteiger partial charge is 0.481 e. The van der Waals surface area contributed by atoms with Gasteiger partial charge >= 0.3 is 11.9 Å². The van der Waals surface area contributed by atoms with Gasteiger partial charge in [-0.3, -0.25) is 4.79 Å². The summed E-state index contributed by atoms with van der Waals surface area (Å²) in [4.78, 5) is 28.0. The summed E-state index contributed by atoms with van der Waals surface area (Å²) in [5.41, 5.74) is 6.36. The fourth-order valence-electron chi connectivity index (χ4n) is 2.64. The Balaban J connectivity index is 2.69. The molecule has 2 atom stereocenters. The zero-order valence-corrected chi connectivity index (χ0v) is 13.9. The van der Waals surface area contributed by atoms with Crippen molar-refractivity contribution in [2.45, 2.75) is 12.8 Å². The Morgan fingerprint density at radius 3 is 2.67 bits per heavy atom. The maximum absolute atomic E-state index is 12.2. The Morgan fingerprint density at radius 2 is 2.12 bits per heavy atom. The van der Waals surface area contributed by atoms with E-state index in [4.69, 9.17) is 26.8 Å². The van der Waals surface area contributed by atoms with Crippen molar-refractivity contribution in [3.63, 3.8) is 0 Å². The van der Waals surface area contributed by atoms with Gasteiger partial charge in [-0.25, -0.2) is 4.79 Å². The van der Waals surface area contributed by atoms with E-state index in [0.717, 1.165) is 0 Å². The Bertz CT molecular complexity index is 729. The zero-order valence-electron chi connectivity index (χ0n) is 13.2. The number of hydrogen-bond donors (Lipinski definition) is 2. The summed E-state index contributed by atoms with van der Waals surface area (Å²) in [6, 6.07) is 6.55. The minimum atomic E-state index is -1.22. The summed E-state index contributed by atoms with van der Waals surface area (Å²) in [5, 5.41) is 10.1. The SMILES string of the molecule is CCOC1=NC(N)=C(C(=O)OC)C(c2cccc(Cl)c2)C1C(=O)O. The van der Waals surface area contributed by atoms with E-state index in [2.05, 4.69) is 4.99 Å². The lowest BCUT2D eigenvalue weighted by atomic mass is 9.78. The summed E-state index contributed by atoms with van der Waals surface area (Å²) < 4.78 is 10.1. The molecule has 8 heteroatoms. The van der Waals surface area contributed by atoms with Crippen molar-refractivity contribution in [2.75, 3.05) is 13.7 Å². The molecule has 1 heterocycles. The van der Waals surface area contributed by atoms with Crippen LogP contribution >= 0.6 is 11.6 Å². The third-order valence-corrected chi connectivity index (χ3v) is 3.82. The predicted octanol–water partition coefficient (Wildman–Crippen LogP) is 1.92. The number of esters is 1. The van der Waals surface area contributed by atoms with Crippen molar-refractivity contribution < 1.29 is 24.2 Å². The lowest BCUT2D eigenvalue weighted by Crippen LogP contribution is -2.39. The standard InChI is InChI=1S/C16H17ClN2O5/c1-3-24-14-12(15(20)21)10(8-5-4-6-9(17)7-8)11(13(18)19-14)16(22)23-2/h4-7,10,12H,3,18H2,1-2H3,(H,20,21). The van der Waals surface area contributed by atoms with Crippen LogP contribution in [0.1, 0.15) is 18.4 Å². The maximum Gasteiger partial charge on any atom is 0.338 e. The van der Waals surface area contributed by atoms with Gasteiger partial charge in [0.2, 0.25) is 5.90 Å². The van der Waals surface area contributed by atoms with Crippen LogP contribution in [0.15, 0.2) is 40.7 Å².